The van der Waals surface area contributed by atoms with E-state index in [0.29, 0.717) is 6.04 Å². The van der Waals surface area contributed by atoms with Crippen molar-refractivity contribution >= 4 is 27.9 Å². The maximum atomic E-state index is 10.6. The van der Waals surface area contributed by atoms with Gasteiger partial charge in [-0.2, -0.15) is 0 Å². The van der Waals surface area contributed by atoms with Crippen LogP contribution in [0, 0.1) is 5.92 Å². The number of aliphatic hydroxyl groups is 1. The van der Waals surface area contributed by atoms with Gasteiger partial charge < -0.3 is 15.2 Å². The van der Waals surface area contributed by atoms with E-state index in [2.05, 4.69) is 24.1 Å². The molecule has 5 nitrogen and oxygen atoms in total. The van der Waals surface area contributed by atoms with Crippen molar-refractivity contribution < 1.29 is 9.84 Å². The number of rotatable bonds is 4. The molecule has 0 bridgehead atoms. The molecule has 3 rings (SSSR count). The zero-order valence-electron chi connectivity index (χ0n) is 13.7. The number of anilines is 1. The number of aliphatic imine (C=N–C) groups is 1. The Kier molecular flexibility index (Phi) is 4.37. The third-order valence-corrected chi connectivity index (χ3v) is 4.65. The monoisotopic (exact) mass is 331 g/mol. The van der Waals surface area contributed by atoms with Gasteiger partial charge in [-0.05, 0) is 19.9 Å². The van der Waals surface area contributed by atoms with Gasteiger partial charge in [-0.1, -0.05) is 13.0 Å². The summed E-state index contributed by atoms with van der Waals surface area (Å²) in [7, 11) is 1.62. The van der Waals surface area contributed by atoms with E-state index in [1.54, 1.807) is 18.4 Å². The molecule has 2 aromatic rings. The fourth-order valence-corrected chi connectivity index (χ4v) is 3.49. The average molecular weight is 331 g/mol. The molecule has 0 radical (unpaired) electrons. The molecule has 2 atom stereocenters. The van der Waals surface area contributed by atoms with Crippen molar-refractivity contribution in [1.29, 1.82) is 0 Å². The molecule has 1 aromatic heterocycles. The first-order valence-electron chi connectivity index (χ1n) is 7.66. The van der Waals surface area contributed by atoms with Crippen molar-refractivity contribution in [3.63, 3.8) is 0 Å². The molecular formula is C17H21N3O2S. The number of hydrogen-bond donors (Lipinski definition) is 2. The molecule has 122 valence electrons. The first-order valence-corrected chi connectivity index (χ1v) is 8.54. The van der Waals surface area contributed by atoms with Crippen molar-refractivity contribution in [3.05, 3.63) is 34.8 Å². The van der Waals surface area contributed by atoms with Crippen molar-refractivity contribution in [1.82, 2.24) is 4.98 Å². The Hall–Kier alpha value is -1.92. The van der Waals surface area contributed by atoms with Crippen LogP contribution in [0.2, 0.25) is 0 Å². The van der Waals surface area contributed by atoms with E-state index in [1.165, 1.54) is 0 Å². The van der Waals surface area contributed by atoms with Crippen molar-refractivity contribution in [2.75, 3.05) is 12.4 Å². The molecular weight excluding hydrogens is 310 g/mol. The number of thiazole rings is 1. The standard InChI is InChI=1S/C17H21N3O2S/c1-9(2)18-17-20-14(8-23-17)15-10(3)16(21)12-6-5-11(22-4)7-13(12)19-15/h5-10,16,21H,1-4H3,(H,18,20). The minimum Gasteiger partial charge on any atom is -0.497 e. The van der Waals surface area contributed by atoms with Gasteiger partial charge in [0, 0.05) is 29.0 Å². The average Bonchev–Trinajstić information content (AvgIpc) is 2.97. The number of nitrogens with one attached hydrogen (secondary N) is 1. The maximum Gasteiger partial charge on any atom is 0.183 e. The molecule has 6 heteroatoms. The summed E-state index contributed by atoms with van der Waals surface area (Å²) >= 11 is 1.55. The number of nitrogens with zero attached hydrogens (tertiary/aromatic N) is 2. The predicted octanol–water partition coefficient (Wildman–Crippen LogP) is 3.78. The number of fused-ring (bicyclic) bond motifs is 1. The smallest absolute Gasteiger partial charge is 0.183 e. The molecule has 2 heterocycles. The zero-order valence-corrected chi connectivity index (χ0v) is 14.5. The second-order valence-corrected chi connectivity index (χ2v) is 6.85. The number of benzene rings is 1. The highest BCUT2D eigenvalue weighted by atomic mass is 32.1. The molecule has 0 spiro atoms. The topological polar surface area (TPSA) is 66.7 Å². The lowest BCUT2D eigenvalue weighted by atomic mass is 9.88. The molecule has 0 fully saturated rings. The summed E-state index contributed by atoms with van der Waals surface area (Å²) in [6, 6.07) is 5.91. The van der Waals surface area contributed by atoms with Gasteiger partial charge in [-0.15, -0.1) is 11.3 Å². The van der Waals surface area contributed by atoms with E-state index < -0.39 is 6.10 Å². The van der Waals surface area contributed by atoms with Crippen molar-refractivity contribution in [2.45, 2.75) is 32.9 Å². The van der Waals surface area contributed by atoms with Crippen LogP contribution >= 0.6 is 11.3 Å². The summed E-state index contributed by atoms with van der Waals surface area (Å²) in [6.45, 7) is 6.13. The zero-order chi connectivity index (χ0) is 16.6. The number of aliphatic hydroxyl groups excluding tert-OH is 1. The van der Waals surface area contributed by atoms with E-state index >= 15 is 0 Å². The molecule has 1 aliphatic heterocycles. The normalized spacial score (nSPS) is 20.2. The van der Waals surface area contributed by atoms with Crippen LogP contribution in [-0.4, -0.2) is 29.0 Å². The Morgan fingerprint density at radius 1 is 1.35 bits per heavy atom. The van der Waals surface area contributed by atoms with Crippen LogP contribution in [0.3, 0.4) is 0 Å². The largest absolute Gasteiger partial charge is 0.497 e. The number of ether oxygens (including phenoxy) is 1. The van der Waals surface area contributed by atoms with Gasteiger partial charge in [0.2, 0.25) is 0 Å². The van der Waals surface area contributed by atoms with Gasteiger partial charge in [0.15, 0.2) is 5.13 Å². The molecule has 0 saturated carbocycles. The fraction of sp³-hybridized carbons (Fsp3) is 0.412. The highest BCUT2D eigenvalue weighted by Crippen LogP contribution is 2.40. The first kappa shape index (κ1) is 16.0. The first-order chi connectivity index (χ1) is 11.0. The summed E-state index contributed by atoms with van der Waals surface area (Å²) in [6.07, 6.45) is -0.591. The lowest BCUT2D eigenvalue weighted by molar-refractivity contribution is 0.146. The molecule has 2 unspecified atom stereocenters. The van der Waals surface area contributed by atoms with Gasteiger partial charge in [0.1, 0.15) is 5.75 Å². The van der Waals surface area contributed by atoms with Crippen LogP contribution in [0.4, 0.5) is 10.8 Å². The molecule has 1 aliphatic rings. The lowest BCUT2D eigenvalue weighted by Gasteiger charge is -2.26. The summed E-state index contributed by atoms with van der Waals surface area (Å²) in [5.41, 5.74) is 3.21. The van der Waals surface area contributed by atoms with Crippen molar-refractivity contribution in [3.8, 4) is 5.75 Å². The van der Waals surface area contributed by atoms with E-state index in [1.807, 2.05) is 30.5 Å². The van der Waals surface area contributed by atoms with Crippen LogP contribution in [-0.2, 0) is 0 Å². The molecule has 2 N–H and O–H groups in total. The highest BCUT2D eigenvalue weighted by molar-refractivity contribution is 7.13. The van der Waals surface area contributed by atoms with E-state index in [-0.39, 0.29) is 5.92 Å². The molecule has 0 aliphatic carbocycles. The lowest BCUT2D eigenvalue weighted by Crippen LogP contribution is -2.24. The van der Waals surface area contributed by atoms with Gasteiger partial charge in [-0.25, -0.2) is 4.98 Å². The molecule has 23 heavy (non-hydrogen) atoms. The number of aromatic nitrogens is 1. The van der Waals surface area contributed by atoms with Gasteiger partial charge in [0.05, 0.1) is 30.3 Å². The Balaban J connectivity index is 2.00. The quantitative estimate of drug-likeness (QED) is 0.895. The summed E-state index contributed by atoms with van der Waals surface area (Å²) in [5.74, 6) is 0.624. The summed E-state index contributed by atoms with van der Waals surface area (Å²) in [5, 5.41) is 16.8. The number of hydrogen-bond acceptors (Lipinski definition) is 6. The van der Waals surface area contributed by atoms with Crippen LogP contribution in [0.25, 0.3) is 0 Å². The van der Waals surface area contributed by atoms with Gasteiger partial charge in [-0.3, -0.25) is 4.99 Å². The van der Waals surface area contributed by atoms with Crippen LogP contribution < -0.4 is 10.1 Å². The summed E-state index contributed by atoms with van der Waals surface area (Å²) in [4.78, 5) is 9.35. The molecule has 0 amide bonds. The van der Waals surface area contributed by atoms with Gasteiger partial charge in [0.25, 0.3) is 0 Å². The molecule has 0 saturated heterocycles. The minimum absolute atomic E-state index is 0.107. The minimum atomic E-state index is -0.591. The Bertz CT molecular complexity index is 739. The summed E-state index contributed by atoms with van der Waals surface area (Å²) < 4.78 is 5.26. The second-order valence-electron chi connectivity index (χ2n) is 5.99. The maximum absolute atomic E-state index is 10.6. The molecule has 1 aromatic carbocycles. The second kappa shape index (κ2) is 6.29. The predicted molar refractivity (Wildman–Crippen MR) is 94.2 cm³/mol. The Labute approximate surface area is 140 Å². The van der Waals surface area contributed by atoms with Crippen LogP contribution in [0.5, 0.6) is 5.75 Å². The van der Waals surface area contributed by atoms with Gasteiger partial charge >= 0.3 is 0 Å². The highest BCUT2D eigenvalue weighted by Gasteiger charge is 2.30. The van der Waals surface area contributed by atoms with E-state index in [0.717, 1.165) is 33.5 Å². The fourth-order valence-electron chi connectivity index (χ4n) is 2.64. The third-order valence-electron chi connectivity index (χ3n) is 3.88. The number of methoxy groups -OCH3 is 1. The Morgan fingerprint density at radius 2 is 2.13 bits per heavy atom. The van der Waals surface area contributed by atoms with E-state index in [4.69, 9.17) is 9.73 Å². The van der Waals surface area contributed by atoms with Crippen molar-refractivity contribution in [2.24, 2.45) is 10.9 Å². The Morgan fingerprint density at radius 3 is 2.83 bits per heavy atom. The van der Waals surface area contributed by atoms with Crippen LogP contribution in [0.1, 0.15) is 38.1 Å². The van der Waals surface area contributed by atoms with Crippen LogP contribution in [0.15, 0.2) is 28.6 Å². The van der Waals surface area contributed by atoms with E-state index in [9.17, 15) is 5.11 Å². The third kappa shape index (κ3) is 3.09. The SMILES string of the molecule is COc1ccc2c(c1)N=C(c1csc(NC(C)C)n1)C(C)C2O.